The molecule has 1 N–H and O–H groups in total. The van der Waals surface area contributed by atoms with Gasteiger partial charge >= 0.3 is 0 Å². The topological polar surface area (TPSA) is 21.3 Å². The lowest BCUT2D eigenvalue weighted by Gasteiger charge is -2.36. The highest BCUT2D eigenvalue weighted by molar-refractivity contribution is 6.30. The van der Waals surface area contributed by atoms with Crippen LogP contribution in [0.25, 0.3) is 0 Å². The second-order valence-electron chi connectivity index (χ2n) is 5.34. The van der Waals surface area contributed by atoms with Gasteiger partial charge in [0, 0.05) is 24.3 Å². The molecular formula is C16H24ClNO. The maximum atomic E-state index is 5.90. The molecule has 2 rings (SSSR count). The lowest BCUT2D eigenvalue weighted by molar-refractivity contribution is 0.130. The third kappa shape index (κ3) is 4.79. The smallest absolute Gasteiger partial charge is 0.0478 e. The van der Waals surface area contributed by atoms with Crippen LogP contribution in [0.1, 0.15) is 44.1 Å². The van der Waals surface area contributed by atoms with Crippen molar-refractivity contribution in [2.24, 2.45) is 0 Å². The van der Waals surface area contributed by atoms with E-state index >= 15 is 0 Å². The van der Waals surface area contributed by atoms with Gasteiger partial charge in [0.2, 0.25) is 0 Å². The number of rotatable bonds is 8. The van der Waals surface area contributed by atoms with E-state index in [2.05, 4.69) is 24.4 Å². The molecule has 2 nitrogen and oxygen atoms in total. The molecule has 0 atom stereocenters. The third-order valence-corrected chi connectivity index (χ3v) is 3.98. The second-order valence-corrected chi connectivity index (χ2v) is 5.77. The van der Waals surface area contributed by atoms with Crippen molar-refractivity contribution in [3.8, 4) is 0 Å². The minimum absolute atomic E-state index is 0.687. The molecule has 1 saturated carbocycles. The molecule has 0 saturated heterocycles. The Labute approximate surface area is 121 Å². The summed E-state index contributed by atoms with van der Waals surface area (Å²) in [7, 11) is 0. The number of nitrogens with one attached hydrogen (secondary N) is 1. The summed E-state index contributed by atoms with van der Waals surface area (Å²) < 4.78 is 5.47. The van der Waals surface area contributed by atoms with Gasteiger partial charge in [-0.15, -0.1) is 0 Å². The lowest BCUT2D eigenvalue weighted by atomic mass is 9.76. The molecule has 0 spiro atoms. The van der Waals surface area contributed by atoms with Crippen molar-refractivity contribution in [2.45, 2.75) is 44.6 Å². The fourth-order valence-corrected chi connectivity index (χ4v) is 2.64. The Balaban J connectivity index is 1.55. The zero-order chi connectivity index (χ0) is 13.5. The van der Waals surface area contributed by atoms with Crippen molar-refractivity contribution in [3.63, 3.8) is 0 Å². The highest BCUT2D eigenvalue weighted by Crippen LogP contribution is 2.37. The minimum Gasteiger partial charge on any atom is -0.381 e. The molecule has 0 radical (unpaired) electrons. The van der Waals surface area contributed by atoms with E-state index in [1.54, 1.807) is 0 Å². The van der Waals surface area contributed by atoms with Crippen LogP contribution in [-0.2, 0) is 4.74 Å². The normalized spacial score (nSPS) is 22.2. The largest absolute Gasteiger partial charge is 0.381 e. The van der Waals surface area contributed by atoms with E-state index < -0.39 is 0 Å². The predicted molar refractivity (Wildman–Crippen MR) is 80.9 cm³/mol. The zero-order valence-corrected chi connectivity index (χ0v) is 12.5. The van der Waals surface area contributed by atoms with Crippen LogP contribution in [0.15, 0.2) is 24.3 Å². The molecule has 0 aliphatic heterocycles. The van der Waals surface area contributed by atoms with Crippen LogP contribution in [0, 0.1) is 0 Å². The third-order valence-electron chi connectivity index (χ3n) is 3.73. The van der Waals surface area contributed by atoms with E-state index in [-0.39, 0.29) is 0 Å². The van der Waals surface area contributed by atoms with E-state index in [1.807, 2.05) is 12.1 Å². The molecule has 1 aromatic carbocycles. The van der Waals surface area contributed by atoms with Crippen LogP contribution in [0.5, 0.6) is 0 Å². The first-order valence-electron chi connectivity index (χ1n) is 7.36. The number of hydrogen-bond donors (Lipinski definition) is 1. The summed E-state index contributed by atoms with van der Waals surface area (Å²) in [6.45, 7) is 4.99. The summed E-state index contributed by atoms with van der Waals surface area (Å²) in [5.41, 5.74) is 1.42. The van der Waals surface area contributed by atoms with Gasteiger partial charge in [-0.2, -0.15) is 0 Å². The molecule has 0 aromatic heterocycles. The zero-order valence-electron chi connectivity index (χ0n) is 11.7. The highest BCUT2D eigenvalue weighted by Gasteiger charge is 2.29. The van der Waals surface area contributed by atoms with Gasteiger partial charge in [0.15, 0.2) is 0 Å². The standard InChI is InChI=1S/C16H24ClNO/c1-2-9-19-10-3-8-18-16-11-14(12-16)13-4-6-15(17)7-5-13/h4-7,14,16,18H,2-3,8-12H2,1H3. The summed E-state index contributed by atoms with van der Waals surface area (Å²) in [6, 6.07) is 8.97. The van der Waals surface area contributed by atoms with E-state index in [1.165, 1.54) is 18.4 Å². The molecule has 1 aliphatic carbocycles. The van der Waals surface area contributed by atoms with Crippen molar-refractivity contribution < 1.29 is 4.74 Å². The second kappa shape index (κ2) is 7.88. The van der Waals surface area contributed by atoms with Crippen molar-refractivity contribution in [2.75, 3.05) is 19.8 Å². The number of halogens is 1. The predicted octanol–water partition coefficient (Wildman–Crippen LogP) is 3.99. The first kappa shape index (κ1) is 14.8. The van der Waals surface area contributed by atoms with Gasteiger partial charge < -0.3 is 10.1 Å². The fraction of sp³-hybridized carbons (Fsp3) is 0.625. The quantitative estimate of drug-likeness (QED) is 0.728. The Kier molecular flexibility index (Phi) is 6.15. The van der Waals surface area contributed by atoms with Gasteiger partial charge in [-0.25, -0.2) is 0 Å². The number of benzene rings is 1. The van der Waals surface area contributed by atoms with Crippen LogP contribution < -0.4 is 5.32 Å². The molecule has 0 unspecified atom stereocenters. The molecular weight excluding hydrogens is 258 g/mol. The number of hydrogen-bond acceptors (Lipinski definition) is 2. The van der Waals surface area contributed by atoms with Gasteiger partial charge in [0.25, 0.3) is 0 Å². The SMILES string of the molecule is CCCOCCCNC1CC(c2ccc(Cl)cc2)C1. The Hall–Kier alpha value is -0.570. The van der Waals surface area contributed by atoms with E-state index in [0.29, 0.717) is 12.0 Å². The van der Waals surface area contributed by atoms with Crippen LogP contribution in [0.2, 0.25) is 5.02 Å². The molecule has 0 amide bonds. The van der Waals surface area contributed by atoms with Crippen molar-refractivity contribution >= 4 is 11.6 Å². The molecule has 3 heteroatoms. The van der Waals surface area contributed by atoms with Gasteiger partial charge in [0.1, 0.15) is 0 Å². The number of ether oxygens (including phenoxy) is 1. The Bertz CT molecular complexity index is 360. The summed E-state index contributed by atoms with van der Waals surface area (Å²) >= 11 is 5.90. The summed E-state index contributed by atoms with van der Waals surface area (Å²) in [6.07, 6.45) is 4.72. The highest BCUT2D eigenvalue weighted by atomic mass is 35.5. The van der Waals surface area contributed by atoms with Crippen LogP contribution in [0.3, 0.4) is 0 Å². The molecule has 0 bridgehead atoms. The molecule has 0 heterocycles. The summed E-state index contributed by atoms with van der Waals surface area (Å²) in [5, 5.41) is 4.42. The van der Waals surface area contributed by atoms with Crippen molar-refractivity contribution in [1.29, 1.82) is 0 Å². The van der Waals surface area contributed by atoms with Gasteiger partial charge in [-0.1, -0.05) is 30.7 Å². The molecule has 106 valence electrons. The van der Waals surface area contributed by atoms with Gasteiger partial charge in [-0.05, 0) is 55.8 Å². The molecule has 1 aromatic rings. The Morgan fingerprint density at radius 2 is 1.95 bits per heavy atom. The molecule has 1 aliphatic rings. The molecule has 19 heavy (non-hydrogen) atoms. The molecule has 1 fully saturated rings. The summed E-state index contributed by atoms with van der Waals surface area (Å²) in [4.78, 5) is 0. The summed E-state index contributed by atoms with van der Waals surface area (Å²) in [5.74, 6) is 0.714. The first-order chi connectivity index (χ1) is 9.29. The van der Waals surface area contributed by atoms with Crippen molar-refractivity contribution in [1.82, 2.24) is 5.32 Å². The maximum Gasteiger partial charge on any atom is 0.0478 e. The van der Waals surface area contributed by atoms with Crippen molar-refractivity contribution in [3.05, 3.63) is 34.9 Å². The fourth-order valence-electron chi connectivity index (χ4n) is 2.52. The Morgan fingerprint density at radius 3 is 2.63 bits per heavy atom. The van der Waals surface area contributed by atoms with E-state index in [4.69, 9.17) is 16.3 Å². The van der Waals surface area contributed by atoms with Crippen LogP contribution in [-0.4, -0.2) is 25.8 Å². The van der Waals surface area contributed by atoms with Crippen LogP contribution in [0.4, 0.5) is 0 Å². The average molecular weight is 282 g/mol. The Morgan fingerprint density at radius 1 is 1.21 bits per heavy atom. The van der Waals surface area contributed by atoms with Gasteiger partial charge in [0.05, 0.1) is 0 Å². The average Bonchev–Trinajstić information content (AvgIpc) is 2.37. The first-order valence-corrected chi connectivity index (χ1v) is 7.74. The monoisotopic (exact) mass is 281 g/mol. The van der Waals surface area contributed by atoms with E-state index in [0.717, 1.165) is 37.6 Å². The van der Waals surface area contributed by atoms with E-state index in [9.17, 15) is 0 Å². The maximum absolute atomic E-state index is 5.90. The minimum atomic E-state index is 0.687. The lowest BCUT2D eigenvalue weighted by Crippen LogP contribution is -2.40. The van der Waals surface area contributed by atoms with Gasteiger partial charge in [-0.3, -0.25) is 0 Å². The van der Waals surface area contributed by atoms with Crippen LogP contribution >= 0.6 is 11.6 Å².